The van der Waals surface area contributed by atoms with Gasteiger partial charge in [-0.2, -0.15) is 0 Å². The summed E-state index contributed by atoms with van der Waals surface area (Å²) in [6, 6.07) is 0.247. The molecule has 0 saturated carbocycles. The van der Waals surface area contributed by atoms with Gasteiger partial charge in [-0.1, -0.05) is 6.92 Å². The molecule has 0 spiro atoms. The molecule has 0 bridgehead atoms. The third-order valence-electron chi connectivity index (χ3n) is 3.79. The fraction of sp³-hybridized carbons (Fsp3) is 0.917. The molecule has 2 saturated heterocycles. The molecule has 2 aliphatic heterocycles. The zero-order chi connectivity index (χ0) is 12.3. The number of amides is 1. The summed E-state index contributed by atoms with van der Waals surface area (Å²) in [5.41, 5.74) is 5.24. The average molecular weight is 241 g/mol. The molecule has 98 valence electrons. The zero-order valence-electron chi connectivity index (χ0n) is 10.6. The molecule has 0 aromatic rings. The van der Waals surface area contributed by atoms with E-state index >= 15 is 0 Å². The first kappa shape index (κ1) is 12.8. The maximum absolute atomic E-state index is 12.1. The molecule has 17 heavy (non-hydrogen) atoms. The van der Waals surface area contributed by atoms with E-state index in [2.05, 4.69) is 17.1 Å². The third kappa shape index (κ3) is 2.97. The summed E-state index contributed by atoms with van der Waals surface area (Å²) in [6.45, 7) is 6.22. The Morgan fingerprint density at radius 1 is 1.65 bits per heavy atom. The second-order valence-corrected chi connectivity index (χ2v) is 5.16. The molecule has 2 fully saturated rings. The highest BCUT2D eigenvalue weighted by atomic mass is 16.5. The van der Waals surface area contributed by atoms with Crippen LogP contribution in [0.2, 0.25) is 0 Å². The summed E-state index contributed by atoms with van der Waals surface area (Å²) in [5, 5.41) is 3.08. The largest absolute Gasteiger partial charge is 0.379 e. The smallest absolute Gasteiger partial charge is 0.242 e. The van der Waals surface area contributed by atoms with E-state index in [9.17, 15) is 4.79 Å². The van der Waals surface area contributed by atoms with Crippen molar-refractivity contribution in [3.63, 3.8) is 0 Å². The quantitative estimate of drug-likeness (QED) is 0.712. The van der Waals surface area contributed by atoms with Crippen molar-refractivity contribution in [1.29, 1.82) is 0 Å². The van der Waals surface area contributed by atoms with Gasteiger partial charge in [-0.15, -0.1) is 0 Å². The molecule has 0 aromatic carbocycles. The van der Waals surface area contributed by atoms with Crippen LogP contribution in [-0.4, -0.2) is 55.2 Å². The maximum Gasteiger partial charge on any atom is 0.242 e. The van der Waals surface area contributed by atoms with Crippen molar-refractivity contribution in [2.24, 2.45) is 5.73 Å². The van der Waals surface area contributed by atoms with Crippen molar-refractivity contribution < 1.29 is 9.53 Å². The van der Waals surface area contributed by atoms with Crippen molar-refractivity contribution in [3.8, 4) is 0 Å². The SMILES string of the molecule is CCN1CCCC(NC(=O)C2(N)CCOC2)C1. The first-order valence-corrected chi connectivity index (χ1v) is 6.54. The van der Waals surface area contributed by atoms with E-state index in [0.717, 1.165) is 32.5 Å². The van der Waals surface area contributed by atoms with Crippen LogP contribution in [0.3, 0.4) is 0 Å². The molecule has 2 rings (SSSR count). The Labute approximate surface area is 103 Å². The van der Waals surface area contributed by atoms with Crippen molar-refractivity contribution >= 4 is 5.91 Å². The number of nitrogens with one attached hydrogen (secondary N) is 1. The molecule has 2 unspecified atom stereocenters. The number of carbonyl (C=O) groups is 1. The predicted octanol–water partition coefficient (Wildman–Crippen LogP) is -0.295. The van der Waals surface area contributed by atoms with E-state index in [1.54, 1.807) is 0 Å². The van der Waals surface area contributed by atoms with Gasteiger partial charge in [-0.05, 0) is 32.4 Å². The van der Waals surface area contributed by atoms with Gasteiger partial charge < -0.3 is 20.7 Å². The van der Waals surface area contributed by atoms with E-state index in [0.29, 0.717) is 19.6 Å². The number of rotatable bonds is 3. The van der Waals surface area contributed by atoms with Crippen LogP contribution in [0.4, 0.5) is 0 Å². The number of carbonyl (C=O) groups excluding carboxylic acids is 1. The standard InChI is InChI=1S/C12H23N3O2/c1-2-15-6-3-4-10(8-15)14-11(16)12(13)5-7-17-9-12/h10H,2-9,13H2,1H3,(H,14,16). The Balaban J connectivity index is 1.85. The maximum atomic E-state index is 12.1. The van der Waals surface area contributed by atoms with E-state index in [1.807, 2.05) is 0 Å². The highest BCUT2D eigenvalue weighted by Crippen LogP contribution is 2.17. The van der Waals surface area contributed by atoms with Crippen LogP contribution in [0, 0.1) is 0 Å². The molecule has 0 aliphatic carbocycles. The van der Waals surface area contributed by atoms with Crippen LogP contribution in [0.1, 0.15) is 26.2 Å². The highest BCUT2D eigenvalue weighted by Gasteiger charge is 2.39. The Morgan fingerprint density at radius 3 is 3.12 bits per heavy atom. The number of hydrogen-bond acceptors (Lipinski definition) is 4. The van der Waals surface area contributed by atoms with Gasteiger partial charge in [0, 0.05) is 19.2 Å². The summed E-state index contributed by atoms with van der Waals surface area (Å²) < 4.78 is 5.22. The molecule has 2 aliphatic rings. The van der Waals surface area contributed by atoms with Crippen LogP contribution in [0.15, 0.2) is 0 Å². The molecular weight excluding hydrogens is 218 g/mol. The van der Waals surface area contributed by atoms with E-state index in [-0.39, 0.29) is 11.9 Å². The Morgan fingerprint density at radius 2 is 2.47 bits per heavy atom. The fourth-order valence-electron chi connectivity index (χ4n) is 2.55. The molecule has 1 amide bonds. The normalized spacial score (nSPS) is 34.8. The van der Waals surface area contributed by atoms with E-state index in [4.69, 9.17) is 10.5 Å². The molecule has 5 heteroatoms. The van der Waals surface area contributed by atoms with Crippen molar-refractivity contribution in [2.75, 3.05) is 32.8 Å². The Hall–Kier alpha value is -0.650. The van der Waals surface area contributed by atoms with E-state index < -0.39 is 5.54 Å². The van der Waals surface area contributed by atoms with Gasteiger partial charge in [0.05, 0.1) is 6.61 Å². The van der Waals surface area contributed by atoms with Crippen molar-refractivity contribution in [2.45, 2.75) is 37.8 Å². The number of piperidine rings is 1. The molecule has 5 nitrogen and oxygen atoms in total. The van der Waals surface area contributed by atoms with Crippen molar-refractivity contribution in [3.05, 3.63) is 0 Å². The van der Waals surface area contributed by atoms with Gasteiger partial charge in [0.1, 0.15) is 5.54 Å². The summed E-state index contributed by atoms with van der Waals surface area (Å²) in [6.07, 6.45) is 2.83. The predicted molar refractivity (Wildman–Crippen MR) is 65.6 cm³/mol. The van der Waals surface area contributed by atoms with Crippen LogP contribution in [0.25, 0.3) is 0 Å². The number of nitrogens with zero attached hydrogens (tertiary/aromatic N) is 1. The van der Waals surface area contributed by atoms with Gasteiger partial charge in [-0.3, -0.25) is 4.79 Å². The lowest BCUT2D eigenvalue weighted by Crippen LogP contribution is -2.59. The zero-order valence-corrected chi connectivity index (χ0v) is 10.6. The lowest BCUT2D eigenvalue weighted by atomic mass is 9.97. The fourth-order valence-corrected chi connectivity index (χ4v) is 2.55. The van der Waals surface area contributed by atoms with Gasteiger partial charge in [0.15, 0.2) is 0 Å². The first-order chi connectivity index (χ1) is 8.14. The molecule has 2 heterocycles. The molecule has 3 N–H and O–H groups in total. The minimum Gasteiger partial charge on any atom is -0.379 e. The highest BCUT2D eigenvalue weighted by molar-refractivity contribution is 5.86. The lowest BCUT2D eigenvalue weighted by Gasteiger charge is -2.34. The van der Waals surface area contributed by atoms with Gasteiger partial charge >= 0.3 is 0 Å². The summed E-state index contributed by atoms with van der Waals surface area (Å²) in [7, 11) is 0. The molecule has 2 atom stereocenters. The molecular formula is C12H23N3O2. The number of likely N-dealkylation sites (N-methyl/N-ethyl adjacent to an activating group) is 1. The monoisotopic (exact) mass is 241 g/mol. The number of nitrogens with two attached hydrogens (primary N) is 1. The summed E-state index contributed by atoms with van der Waals surface area (Å²) >= 11 is 0. The first-order valence-electron chi connectivity index (χ1n) is 6.54. The van der Waals surface area contributed by atoms with Gasteiger partial charge in [0.2, 0.25) is 5.91 Å². The third-order valence-corrected chi connectivity index (χ3v) is 3.79. The Bertz CT molecular complexity index is 277. The minimum absolute atomic E-state index is 0.0436. The average Bonchev–Trinajstić information content (AvgIpc) is 2.78. The van der Waals surface area contributed by atoms with Crippen molar-refractivity contribution in [1.82, 2.24) is 10.2 Å². The minimum atomic E-state index is -0.797. The Kier molecular flexibility index (Phi) is 4.01. The number of hydrogen-bond donors (Lipinski definition) is 2. The van der Waals surface area contributed by atoms with Crippen LogP contribution in [0.5, 0.6) is 0 Å². The van der Waals surface area contributed by atoms with Crippen LogP contribution in [-0.2, 0) is 9.53 Å². The van der Waals surface area contributed by atoms with E-state index in [1.165, 1.54) is 0 Å². The second-order valence-electron chi connectivity index (χ2n) is 5.16. The molecule has 0 radical (unpaired) electrons. The number of ether oxygens (including phenoxy) is 1. The van der Waals surface area contributed by atoms with Gasteiger partial charge in [-0.25, -0.2) is 0 Å². The van der Waals surface area contributed by atoms with Gasteiger partial charge in [0.25, 0.3) is 0 Å². The summed E-state index contributed by atoms with van der Waals surface area (Å²) in [5.74, 6) is -0.0436. The van der Waals surface area contributed by atoms with Crippen LogP contribution < -0.4 is 11.1 Å². The number of likely N-dealkylation sites (tertiary alicyclic amines) is 1. The topological polar surface area (TPSA) is 67.6 Å². The molecule has 0 aromatic heterocycles. The van der Waals surface area contributed by atoms with Crippen LogP contribution >= 0.6 is 0 Å². The second kappa shape index (κ2) is 5.33. The lowest BCUT2D eigenvalue weighted by molar-refractivity contribution is -0.127. The summed E-state index contributed by atoms with van der Waals surface area (Å²) in [4.78, 5) is 14.5.